The second kappa shape index (κ2) is 7.21. The number of aliphatic hydroxyl groups is 1. The van der Waals surface area contributed by atoms with Gasteiger partial charge >= 0.3 is 0 Å². The number of aryl methyl sites for hydroxylation is 1. The van der Waals surface area contributed by atoms with Crippen LogP contribution in [0.4, 0.5) is 0 Å². The standard InChI is InChI=1S/C24H24N3O/c1-17-11-13-25-15-21(17)18-6-8-19(9-7-18)22-16-26-27-14-4-5-20(23(22)27)10-12-24(2,3)28/h4-9,11-16,28H,10H2,1-3H3. The Labute approximate surface area is 165 Å². The van der Waals surface area contributed by atoms with Gasteiger partial charge in [0.25, 0.3) is 0 Å². The first-order valence-corrected chi connectivity index (χ1v) is 9.46. The predicted molar refractivity (Wildman–Crippen MR) is 113 cm³/mol. The number of nitrogens with zero attached hydrogens (tertiary/aromatic N) is 3. The van der Waals surface area contributed by atoms with Crippen molar-refractivity contribution in [2.24, 2.45) is 0 Å². The molecule has 1 radical (unpaired) electrons. The Morgan fingerprint density at radius 2 is 1.71 bits per heavy atom. The summed E-state index contributed by atoms with van der Waals surface area (Å²) in [5.41, 5.74) is 7.14. The Morgan fingerprint density at radius 1 is 1.00 bits per heavy atom. The van der Waals surface area contributed by atoms with Gasteiger partial charge in [0, 0.05) is 29.7 Å². The molecule has 28 heavy (non-hydrogen) atoms. The van der Waals surface area contributed by atoms with E-state index >= 15 is 0 Å². The van der Waals surface area contributed by atoms with Crippen LogP contribution in [0.5, 0.6) is 0 Å². The minimum atomic E-state index is -0.809. The van der Waals surface area contributed by atoms with Crippen molar-refractivity contribution in [3.05, 3.63) is 84.8 Å². The van der Waals surface area contributed by atoms with Crippen LogP contribution in [0.3, 0.4) is 0 Å². The van der Waals surface area contributed by atoms with Crippen LogP contribution in [0.15, 0.2) is 67.3 Å². The lowest BCUT2D eigenvalue weighted by atomic mass is 9.95. The molecule has 1 N–H and O–H groups in total. The first-order valence-electron chi connectivity index (χ1n) is 9.46. The third-order valence-electron chi connectivity index (χ3n) is 4.99. The normalized spacial score (nSPS) is 11.9. The molecule has 0 amide bonds. The molecule has 0 aliphatic carbocycles. The summed E-state index contributed by atoms with van der Waals surface area (Å²) in [6, 6.07) is 14.6. The molecule has 1 aromatic carbocycles. The zero-order valence-corrected chi connectivity index (χ0v) is 16.4. The van der Waals surface area contributed by atoms with E-state index in [0.717, 1.165) is 33.3 Å². The number of aromatic nitrogens is 3. The van der Waals surface area contributed by atoms with Gasteiger partial charge in [-0.2, -0.15) is 5.10 Å². The number of hydrogen-bond acceptors (Lipinski definition) is 3. The lowest BCUT2D eigenvalue weighted by Gasteiger charge is -2.16. The van der Waals surface area contributed by atoms with Gasteiger partial charge in [0.05, 0.1) is 17.3 Å². The molecular weight excluding hydrogens is 346 g/mol. The van der Waals surface area contributed by atoms with Crippen LogP contribution in [-0.4, -0.2) is 25.3 Å². The van der Waals surface area contributed by atoms with Crippen LogP contribution >= 0.6 is 0 Å². The first-order chi connectivity index (χ1) is 13.4. The van der Waals surface area contributed by atoms with E-state index in [4.69, 9.17) is 0 Å². The van der Waals surface area contributed by atoms with E-state index < -0.39 is 5.60 Å². The van der Waals surface area contributed by atoms with Crippen LogP contribution in [-0.2, 0) is 6.42 Å². The maximum absolute atomic E-state index is 10.1. The lowest BCUT2D eigenvalue weighted by Crippen LogP contribution is -2.20. The quantitative estimate of drug-likeness (QED) is 0.544. The van der Waals surface area contributed by atoms with Gasteiger partial charge in [-0.25, -0.2) is 4.52 Å². The Kier molecular flexibility index (Phi) is 4.73. The minimum absolute atomic E-state index is 0.680. The Morgan fingerprint density at radius 3 is 2.39 bits per heavy atom. The summed E-state index contributed by atoms with van der Waals surface area (Å²) in [4.78, 5) is 4.25. The minimum Gasteiger partial charge on any atom is -0.390 e. The van der Waals surface area contributed by atoms with Crippen LogP contribution in [0, 0.1) is 13.3 Å². The number of rotatable bonds is 5. The van der Waals surface area contributed by atoms with Gasteiger partial charge in [-0.3, -0.25) is 4.98 Å². The largest absolute Gasteiger partial charge is 0.390 e. The number of hydrogen-bond donors (Lipinski definition) is 1. The van der Waals surface area contributed by atoms with Gasteiger partial charge in [-0.05, 0) is 68.0 Å². The topological polar surface area (TPSA) is 50.4 Å². The highest BCUT2D eigenvalue weighted by Gasteiger charge is 2.16. The van der Waals surface area contributed by atoms with Crippen molar-refractivity contribution in [1.82, 2.24) is 14.6 Å². The Bertz CT molecular complexity index is 1100. The molecule has 0 fully saturated rings. The van der Waals surface area contributed by atoms with E-state index in [-0.39, 0.29) is 0 Å². The van der Waals surface area contributed by atoms with Crippen LogP contribution in [0.25, 0.3) is 27.8 Å². The molecule has 0 saturated carbocycles. The Balaban J connectivity index is 1.72. The molecule has 4 aromatic rings. The zero-order chi connectivity index (χ0) is 19.7. The van der Waals surface area contributed by atoms with Gasteiger partial charge < -0.3 is 5.11 Å². The second-order valence-corrected chi connectivity index (χ2v) is 7.71. The molecule has 0 aliphatic heterocycles. The van der Waals surface area contributed by atoms with Gasteiger partial charge in [0.2, 0.25) is 0 Å². The molecule has 141 valence electrons. The third kappa shape index (κ3) is 3.69. The van der Waals surface area contributed by atoms with Crippen molar-refractivity contribution < 1.29 is 5.11 Å². The van der Waals surface area contributed by atoms with Crippen molar-refractivity contribution in [3.63, 3.8) is 0 Å². The molecule has 0 spiro atoms. The molecule has 4 heteroatoms. The molecule has 3 aromatic heterocycles. The fraction of sp³-hybridized carbons (Fsp3) is 0.208. The summed E-state index contributed by atoms with van der Waals surface area (Å²) in [7, 11) is 0. The van der Waals surface area contributed by atoms with Gasteiger partial charge in [0.1, 0.15) is 0 Å². The molecule has 0 saturated heterocycles. The molecule has 4 rings (SSSR count). The summed E-state index contributed by atoms with van der Waals surface area (Å²) in [6.45, 7) is 5.69. The van der Waals surface area contributed by atoms with Crippen LogP contribution in [0.2, 0.25) is 0 Å². The SMILES string of the molecule is Cc1ccncc1-c1ccc(-c2cnn3cccc(C[CH]C(C)(C)O)c23)cc1. The summed E-state index contributed by atoms with van der Waals surface area (Å²) in [5, 5.41) is 14.6. The van der Waals surface area contributed by atoms with Crippen molar-refractivity contribution in [2.75, 3.05) is 0 Å². The van der Waals surface area contributed by atoms with Crippen molar-refractivity contribution in [3.8, 4) is 22.3 Å². The molecule has 0 unspecified atom stereocenters. The van der Waals surface area contributed by atoms with Crippen LogP contribution in [0.1, 0.15) is 25.0 Å². The van der Waals surface area contributed by atoms with Gasteiger partial charge in [-0.15, -0.1) is 0 Å². The Hall–Kier alpha value is -2.98. The zero-order valence-electron chi connectivity index (χ0n) is 16.4. The predicted octanol–water partition coefficient (Wildman–Crippen LogP) is 4.89. The van der Waals surface area contributed by atoms with Crippen molar-refractivity contribution in [1.29, 1.82) is 0 Å². The highest BCUT2D eigenvalue weighted by Crippen LogP contribution is 2.31. The van der Waals surface area contributed by atoms with E-state index in [1.807, 2.05) is 47.9 Å². The maximum atomic E-state index is 10.1. The molecule has 3 heterocycles. The summed E-state index contributed by atoms with van der Waals surface area (Å²) < 4.78 is 1.90. The smallest absolute Gasteiger partial charge is 0.0772 e. The number of benzene rings is 1. The summed E-state index contributed by atoms with van der Waals surface area (Å²) in [6.07, 6.45) is 10.2. The molecule has 0 atom stereocenters. The average molecular weight is 370 g/mol. The summed E-state index contributed by atoms with van der Waals surface area (Å²) in [5.74, 6) is 0. The molecule has 4 nitrogen and oxygen atoms in total. The van der Waals surface area contributed by atoms with Gasteiger partial charge in [-0.1, -0.05) is 30.3 Å². The fourth-order valence-corrected chi connectivity index (χ4v) is 3.45. The number of fused-ring (bicyclic) bond motifs is 1. The van der Waals surface area contributed by atoms with E-state index in [1.54, 1.807) is 13.8 Å². The molecule has 0 bridgehead atoms. The fourth-order valence-electron chi connectivity index (χ4n) is 3.45. The summed E-state index contributed by atoms with van der Waals surface area (Å²) >= 11 is 0. The monoisotopic (exact) mass is 370 g/mol. The van der Waals surface area contributed by atoms with E-state index in [2.05, 4.69) is 47.3 Å². The average Bonchev–Trinajstić information content (AvgIpc) is 3.11. The third-order valence-corrected chi connectivity index (χ3v) is 4.99. The molecular formula is C24H24N3O. The maximum Gasteiger partial charge on any atom is 0.0772 e. The van der Waals surface area contributed by atoms with E-state index in [9.17, 15) is 5.11 Å². The number of pyridine rings is 2. The van der Waals surface area contributed by atoms with E-state index in [1.165, 1.54) is 5.56 Å². The van der Waals surface area contributed by atoms with Crippen molar-refractivity contribution >= 4 is 5.52 Å². The highest BCUT2D eigenvalue weighted by atomic mass is 16.3. The first kappa shape index (κ1) is 18.4. The lowest BCUT2D eigenvalue weighted by molar-refractivity contribution is 0.113. The second-order valence-electron chi connectivity index (χ2n) is 7.71. The van der Waals surface area contributed by atoms with E-state index in [0.29, 0.717) is 6.42 Å². The highest BCUT2D eigenvalue weighted by molar-refractivity contribution is 5.83. The van der Waals surface area contributed by atoms with Crippen LogP contribution < -0.4 is 0 Å². The van der Waals surface area contributed by atoms with Crippen molar-refractivity contribution in [2.45, 2.75) is 32.8 Å². The van der Waals surface area contributed by atoms with Gasteiger partial charge in [0.15, 0.2) is 0 Å². The molecule has 0 aliphatic rings.